The molecule has 0 aliphatic rings. The van der Waals surface area contributed by atoms with Crippen LogP contribution in [0.25, 0.3) is 21.7 Å². The molecule has 92 valence electrons. The summed E-state index contributed by atoms with van der Waals surface area (Å²) in [5.41, 5.74) is 0.596. The molecule has 0 bridgehead atoms. The lowest BCUT2D eigenvalue weighted by Crippen LogP contribution is -2.06. The number of aromatic nitrogens is 1. The maximum atomic E-state index is 12.1. The van der Waals surface area contributed by atoms with Crippen LogP contribution in [0.2, 0.25) is 0 Å². The third kappa shape index (κ3) is 1.72. The topological polar surface area (TPSA) is 65.9 Å². The summed E-state index contributed by atoms with van der Waals surface area (Å²) >= 11 is 0. The molecule has 1 aromatic heterocycles. The van der Waals surface area contributed by atoms with Crippen molar-refractivity contribution in [3.8, 4) is 11.8 Å². The van der Waals surface area contributed by atoms with E-state index in [4.69, 9.17) is 10.00 Å². The van der Waals surface area contributed by atoms with Crippen LogP contribution in [0.3, 0.4) is 0 Å². The van der Waals surface area contributed by atoms with E-state index in [0.29, 0.717) is 10.9 Å². The number of nitriles is 1. The molecule has 0 unspecified atom stereocenters. The zero-order valence-corrected chi connectivity index (χ0v) is 10.2. The summed E-state index contributed by atoms with van der Waals surface area (Å²) in [5, 5.41) is 11.3. The van der Waals surface area contributed by atoms with Crippen molar-refractivity contribution in [3.05, 3.63) is 52.3 Å². The molecule has 1 heterocycles. The molecule has 4 nitrogen and oxygen atoms in total. The average Bonchev–Trinajstić information content (AvgIpc) is 2.45. The lowest BCUT2D eigenvalue weighted by Gasteiger charge is -2.05. The molecule has 3 rings (SSSR count). The Labute approximate surface area is 108 Å². The van der Waals surface area contributed by atoms with Crippen LogP contribution < -0.4 is 10.2 Å². The molecular formula is C15H10N2O2. The maximum absolute atomic E-state index is 12.1. The number of hydrogen-bond acceptors (Lipinski definition) is 3. The molecule has 0 fully saturated rings. The summed E-state index contributed by atoms with van der Waals surface area (Å²) in [4.78, 5) is 15.0. The van der Waals surface area contributed by atoms with Crippen molar-refractivity contribution in [3.63, 3.8) is 0 Å². The molecule has 0 spiro atoms. The van der Waals surface area contributed by atoms with Gasteiger partial charge in [-0.05, 0) is 35.0 Å². The first-order valence-corrected chi connectivity index (χ1v) is 5.76. The van der Waals surface area contributed by atoms with Gasteiger partial charge in [0.2, 0.25) is 5.43 Å². The number of nitrogens with zero attached hydrogens (tertiary/aromatic N) is 1. The molecule has 0 amide bonds. The van der Waals surface area contributed by atoms with Crippen molar-refractivity contribution in [1.29, 1.82) is 5.26 Å². The number of nitrogens with one attached hydrogen (secondary N) is 1. The summed E-state index contributed by atoms with van der Waals surface area (Å²) in [6, 6.07) is 11.2. The fourth-order valence-corrected chi connectivity index (χ4v) is 2.15. The largest absolute Gasteiger partial charge is 0.497 e. The monoisotopic (exact) mass is 250 g/mol. The molecule has 19 heavy (non-hydrogen) atoms. The van der Waals surface area contributed by atoms with Gasteiger partial charge in [0.1, 0.15) is 17.4 Å². The molecular weight excluding hydrogens is 240 g/mol. The number of rotatable bonds is 1. The van der Waals surface area contributed by atoms with Crippen LogP contribution >= 0.6 is 0 Å². The fourth-order valence-electron chi connectivity index (χ4n) is 2.15. The normalized spacial score (nSPS) is 10.5. The first-order chi connectivity index (χ1) is 9.22. The lowest BCUT2D eigenvalue weighted by atomic mass is 10.1. The van der Waals surface area contributed by atoms with Crippen molar-refractivity contribution >= 4 is 21.7 Å². The van der Waals surface area contributed by atoms with Gasteiger partial charge < -0.3 is 9.72 Å². The number of pyridine rings is 1. The van der Waals surface area contributed by atoms with E-state index in [1.165, 1.54) is 6.20 Å². The van der Waals surface area contributed by atoms with E-state index < -0.39 is 0 Å². The quantitative estimate of drug-likeness (QED) is 0.675. The molecule has 3 aromatic rings. The number of methoxy groups -OCH3 is 1. The molecule has 0 saturated heterocycles. The second-order valence-corrected chi connectivity index (χ2v) is 4.25. The van der Waals surface area contributed by atoms with E-state index in [-0.39, 0.29) is 11.0 Å². The van der Waals surface area contributed by atoms with Gasteiger partial charge in [-0.2, -0.15) is 5.26 Å². The average molecular weight is 250 g/mol. The highest BCUT2D eigenvalue weighted by Crippen LogP contribution is 2.24. The van der Waals surface area contributed by atoms with Gasteiger partial charge in [-0.1, -0.05) is 6.07 Å². The van der Waals surface area contributed by atoms with Crippen LogP contribution in [0.15, 0.2) is 41.3 Å². The highest BCUT2D eigenvalue weighted by molar-refractivity contribution is 5.97. The van der Waals surface area contributed by atoms with Crippen LogP contribution in [0.1, 0.15) is 5.56 Å². The molecule has 2 aromatic carbocycles. The first kappa shape index (κ1) is 11.3. The summed E-state index contributed by atoms with van der Waals surface area (Å²) < 4.78 is 5.18. The molecule has 0 saturated carbocycles. The number of fused-ring (bicyclic) bond motifs is 2. The van der Waals surface area contributed by atoms with Gasteiger partial charge in [-0.3, -0.25) is 4.79 Å². The van der Waals surface area contributed by atoms with Gasteiger partial charge in [0.25, 0.3) is 0 Å². The van der Waals surface area contributed by atoms with Crippen molar-refractivity contribution in [2.75, 3.05) is 7.11 Å². The zero-order chi connectivity index (χ0) is 13.4. The Kier molecular flexibility index (Phi) is 2.46. The third-order valence-corrected chi connectivity index (χ3v) is 3.17. The first-order valence-electron chi connectivity index (χ1n) is 5.76. The van der Waals surface area contributed by atoms with Crippen LogP contribution in [-0.2, 0) is 0 Å². The van der Waals surface area contributed by atoms with Gasteiger partial charge in [-0.25, -0.2) is 0 Å². The predicted octanol–water partition coefficient (Wildman–Crippen LogP) is 2.56. The Morgan fingerprint density at radius 1 is 1.21 bits per heavy atom. The third-order valence-electron chi connectivity index (χ3n) is 3.17. The van der Waals surface area contributed by atoms with E-state index in [0.717, 1.165) is 16.5 Å². The van der Waals surface area contributed by atoms with E-state index >= 15 is 0 Å². The van der Waals surface area contributed by atoms with E-state index in [9.17, 15) is 4.79 Å². The number of ether oxygens (including phenoxy) is 1. The SMILES string of the molecule is COc1ccc2cc3c(=O)c(C#N)c[nH]c3cc2c1. The Bertz CT molecular complexity index is 888. The Hall–Kier alpha value is -2.80. The number of H-pyrrole nitrogens is 1. The van der Waals surface area contributed by atoms with Crippen molar-refractivity contribution in [2.45, 2.75) is 0 Å². The van der Waals surface area contributed by atoms with E-state index in [1.54, 1.807) is 13.2 Å². The predicted molar refractivity (Wildman–Crippen MR) is 73.3 cm³/mol. The summed E-state index contributed by atoms with van der Waals surface area (Å²) in [6.07, 6.45) is 1.44. The van der Waals surface area contributed by atoms with Gasteiger partial charge in [0.15, 0.2) is 0 Å². The highest BCUT2D eigenvalue weighted by atomic mass is 16.5. The second kappa shape index (κ2) is 4.14. The second-order valence-electron chi connectivity index (χ2n) is 4.25. The lowest BCUT2D eigenvalue weighted by molar-refractivity contribution is 0.415. The molecule has 0 aliphatic heterocycles. The molecule has 0 atom stereocenters. The number of benzene rings is 2. The summed E-state index contributed by atoms with van der Waals surface area (Å²) in [7, 11) is 1.61. The van der Waals surface area contributed by atoms with Gasteiger partial charge in [0, 0.05) is 17.1 Å². The smallest absolute Gasteiger partial charge is 0.207 e. The minimum atomic E-state index is -0.242. The molecule has 0 aliphatic carbocycles. The van der Waals surface area contributed by atoms with Crippen LogP contribution in [-0.4, -0.2) is 12.1 Å². The molecule has 0 radical (unpaired) electrons. The summed E-state index contributed by atoms with van der Waals surface area (Å²) in [5.74, 6) is 0.767. The van der Waals surface area contributed by atoms with E-state index in [2.05, 4.69) is 4.98 Å². The Morgan fingerprint density at radius 3 is 2.79 bits per heavy atom. The van der Waals surface area contributed by atoms with E-state index in [1.807, 2.05) is 30.3 Å². The van der Waals surface area contributed by atoms with Crippen molar-refractivity contribution < 1.29 is 4.74 Å². The van der Waals surface area contributed by atoms with Crippen LogP contribution in [0, 0.1) is 11.3 Å². The highest BCUT2D eigenvalue weighted by Gasteiger charge is 2.06. The maximum Gasteiger partial charge on any atom is 0.207 e. The summed E-state index contributed by atoms with van der Waals surface area (Å²) in [6.45, 7) is 0. The Balaban J connectivity index is 2.42. The van der Waals surface area contributed by atoms with Crippen molar-refractivity contribution in [2.24, 2.45) is 0 Å². The van der Waals surface area contributed by atoms with Gasteiger partial charge in [0.05, 0.1) is 7.11 Å². The molecule has 4 heteroatoms. The molecule has 1 N–H and O–H groups in total. The number of aromatic amines is 1. The standard InChI is InChI=1S/C15H10N2O2/c1-19-12-3-2-9-5-13-14(6-10(9)4-12)17-8-11(7-16)15(13)18/h2-6,8H,1H3,(H,17,18). The van der Waals surface area contributed by atoms with Gasteiger partial charge >= 0.3 is 0 Å². The fraction of sp³-hybridized carbons (Fsp3) is 0.0667. The Morgan fingerprint density at radius 2 is 2.05 bits per heavy atom. The minimum absolute atomic E-state index is 0.125. The van der Waals surface area contributed by atoms with Gasteiger partial charge in [-0.15, -0.1) is 0 Å². The van der Waals surface area contributed by atoms with Crippen molar-refractivity contribution in [1.82, 2.24) is 4.98 Å². The minimum Gasteiger partial charge on any atom is -0.497 e. The number of hydrogen-bond donors (Lipinski definition) is 1. The van der Waals surface area contributed by atoms with Crippen LogP contribution in [0.4, 0.5) is 0 Å². The zero-order valence-electron chi connectivity index (χ0n) is 10.2. The van der Waals surface area contributed by atoms with Crippen LogP contribution in [0.5, 0.6) is 5.75 Å².